The zero-order valence-corrected chi connectivity index (χ0v) is 16.6. The van der Waals surface area contributed by atoms with Gasteiger partial charge in [-0.3, -0.25) is 0 Å². The van der Waals surface area contributed by atoms with Crippen LogP contribution in [0.3, 0.4) is 0 Å². The molecule has 2 aromatic rings. The Morgan fingerprint density at radius 2 is 1.65 bits per heavy atom. The Bertz CT molecular complexity index is 703. The van der Waals surface area contributed by atoms with E-state index in [1.165, 1.54) is 0 Å². The van der Waals surface area contributed by atoms with Crippen molar-refractivity contribution in [1.82, 2.24) is 0 Å². The first-order chi connectivity index (χ1) is 12.7. The van der Waals surface area contributed by atoms with Crippen molar-refractivity contribution in [3.63, 3.8) is 0 Å². The van der Waals surface area contributed by atoms with Crippen LogP contribution in [0, 0.1) is 0 Å². The number of ether oxygens (including phenoxy) is 5. The fourth-order valence-corrected chi connectivity index (χ4v) is 2.97. The summed E-state index contributed by atoms with van der Waals surface area (Å²) in [6.07, 6.45) is 1.71. The summed E-state index contributed by atoms with van der Waals surface area (Å²) in [5.41, 5.74) is 2.84. The molecular weight excluding hydrogens is 400 g/mol. The van der Waals surface area contributed by atoms with Crippen molar-refractivity contribution < 1.29 is 23.7 Å². The van der Waals surface area contributed by atoms with Gasteiger partial charge >= 0.3 is 0 Å². The van der Waals surface area contributed by atoms with E-state index in [1.807, 2.05) is 36.4 Å². The maximum absolute atomic E-state index is 5.82. The zero-order chi connectivity index (χ0) is 18.8. The summed E-state index contributed by atoms with van der Waals surface area (Å²) in [5.74, 6) is 1.25. The molecule has 5 nitrogen and oxygen atoms in total. The predicted octanol–water partition coefficient (Wildman–Crippen LogP) is 4.78. The highest BCUT2D eigenvalue weighted by atomic mass is 79.9. The number of hydrogen-bond acceptors (Lipinski definition) is 5. The zero-order valence-electron chi connectivity index (χ0n) is 15.0. The van der Waals surface area contributed by atoms with Crippen molar-refractivity contribution in [3.8, 4) is 22.6 Å². The molecule has 2 rings (SSSR count). The highest BCUT2D eigenvalue weighted by Gasteiger charge is 2.20. The molecule has 0 aromatic heterocycles. The van der Waals surface area contributed by atoms with Crippen LogP contribution in [0.2, 0.25) is 0 Å². The van der Waals surface area contributed by atoms with Gasteiger partial charge in [0.1, 0.15) is 11.5 Å². The second-order valence-corrected chi connectivity index (χ2v) is 6.10. The molecule has 0 saturated carbocycles. The number of hydrogen-bond donors (Lipinski definition) is 0. The molecule has 0 heterocycles. The van der Waals surface area contributed by atoms with Crippen LogP contribution in [-0.2, 0) is 20.8 Å². The van der Waals surface area contributed by atoms with Crippen LogP contribution < -0.4 is 9.47 Å². The molecule has 0 N–H and O–H groups in total. The fourth-order valence-electron chi connectivity index (χ4n) is 2.43. The quantitative estimate of drug-likeness (QED) is 0.296. The van der Waals surface area contributed by atoms with Crippen LogP contribution in [-0.4, -0.2) is 34.4 Å². The van der Waals surface area contributed by atoms with E-state index in [4.69, 9.17) is 23.7 Å². The summed E-state index contributed by atoms with van der Waals surface area (Å²) < 4.78 is 28.1. The van der Waals surface area contributed by atoms with Gasteiger partial charge in [-0.1, -0.05) is 36.4 Å². The maximum atomic E-state index is 5.82. The average molecular weight is 423 g/mol. The van der Waals surface area contributed by atoms with E-state index >= 15 is 0 Å². The molecular formula is C20H23BrO5. The first-order valence-electron chi connectivity index (χ1n) is 8.05. The molecule has 0 saturated heterocycles. The Morgan fingerprint density at radius 3 is 2.27 bits per heavy atom. The van der Waals surface area contributed by atoms with E-state index in [2.05, 4.69) is 22.5 Å². The minimum Gasteiger partial charge on any atom is -0.467 e. The predicted molar refractivity (Wildman–Crippen MR) is 104 cm³/mol. The van der Waals surface area contributed by atoms with Crippen molar-refractivity contribution >= 4 is 15.9 Å². The Balaban J connectivity index is 2.57. The number of halogens is 1. The topological polar surface area (TPSA) is 46.2 Å². The second kappa shape index (κ2) is 11.0. The Hall–Kier alpha value is -1.86. The third-order valence-corrected chi connectivity index (χ3v) is 4.37. The summed E-state index contributed by atoms with van der Waals surface area (Å²) in [6, 6.07) is 11.8. The van der Waals surface area contributed by atoms with Crippen LogP contribution in [0.25, 0.3) is 11.1 Å². The van der Waals surface area contributed by atoms with E-state index < -0.39 is 0 Å². The molecule has 0 unspecified atom stereocenters. The minimum atomic E-state index is 0.123. The summed E-state index contributed by atoms with van der Waals surface area (Å²) in [6.45, 7) is 4.75. The lowest BCUT2D eigenvalue weighted by molar-refractivity contribution is 0.0455. The van der Waals surface area contributed by atoms with Gasteiger partial charge in [-0.15, -0.1) is 6.58 Å². The van der Waals surface area contributed by atoms with Crippen LogP contribution in [0.5, 0.6) is 11.5 Å². The Labute approximate surface area is 162 Å². The maximum Gasteiger partial charge on any atom is 0.188 e. The van der Waals surface area contributed by atoms with Crippen LogP contribution in [0.15, 0.2) is 53.5 Å². The summed E-state index contributed by atoms with van der Waals surface area (Å²) in [4.78, 5) is 0. The Kier molecular flexibility index (Phi) is 8.64. The molecule has 2 aromatic carbocycles. The number of methoxy groups -OCH3 is 2. The van der Waals surface area contributed by atoms with Gasteiger partial charge in [0.2, 0.25) is 0 Å². The summed E-state index contributed by atoms with van der Waals surface area (Å²) in [7, 11) is 3.15. The molecule has 0 aliphatic heterocycles. The van der Waals surface area contributed by atoms with Gasteiger partial charge in [0.05, 0.1) is 17.7 Å². The molecule has 140 valence electrons. The van der Waals surface area contributed by atoms with Crippen molar-refractivity contribution in [2.75, 3.05) is 34.4 Å². The summed E-state index contributed by atoms with van der Waals surface area (Å²) >= 11 is 3.64. The summed E-state index contributed by atoms with van der Waals surface area (Å²) in [5, 5.41) is 0. The first-order valence-corrected chi connectivity index (χ1v) is 8.85. The van der Waals surface area contributed by atoms with Gasteiger partial charge in [0, 0.05) is 31.4 Å². The third-order valence-electron chi connectivity index (χ3n) is 3.50. The standard InChI is InChI=1S/C20H23BrO5/c1-4-10-24-12-16-19(15-8-6-5-7-9-15)17(25-13-22-2)11-18(20(16)21)26-14-23-3/h4-9,11H,1,10,12-14H2,2-3H3. The molecule has 26 heavy (non-hydrogen) atoms. The molecule has 0 radical (unpaired) electrons. The second-order valence-electron chi connectivity index (χ2n) is 5.31. The molecule has 0 bridgehead atoms. The van der Waals surface area contributed by atoms with Gasteiger partial charge in [-0.2, -0.15) is 0 Å². The SMILES string of the molecule is C=CCOCc1c(Br)c(OCOC)cc(OCOC)c1-c1ccccc1. The van der Waals surface area contributed by atoms with Gasteiger partial charge in [-0.05, 0) is 21.5 Å². The van der Waals surface area contributed by atoms with Gasteiger partial charge < -0.3 is 23.7 Å². The van der Waals surface area contributed by atoms with Gasteiger partial charge in [-0.25, -0.2) is 0 Å². The van der Waals surface area contributed by atoms with Crippen molar-refractivity contribution in [3.05, 3.63) is 59.1 Å². The van der Waals surface area contributed by atoms with E-state index in [-0.39, 0.29) is 13.6 Å². The largest absolute Gasteiger partial charge is 0.467 e. The number of benzene rings is 2. The highest BCUT2D eigenvalue weighted by molar-refractivity contribution is 9.10. The molecule has 0 fully saturated rings. The average Bonchev–Trinajstić information content (AvgIpc) is 2.67. The lowest BCUT2D eigenvalue weighted by Gasteiger charge is -2.20. The smallest absolute Gasteiger partial charge is 0.188 e. The first kappa shape index (κ1) is 20.5. The minimum absolute atomic E-state index is 0.123. The molecule has 0 amide bonds. The monoisotopic (exact) mass is 422 g/mol. The van der Waals surface area contributed by atoms with Gasteiger partial charge in [0.25, 0.3) is 0 Å². The lowest BCUT2D eigenvalue weighted by atomic mass is 9.98. The molecule has 0 atom stereocenters. The molecule has 6 heteroatoms. The van der Waals surface area contributed by atoms with E-state index in [1.54, 1.807) is 20.3 Å². The van der Waals surface area contributed by atoms with Crippen molar-refractivity contribution in [2.45, 2.75) is 6.61 Å². The number of rotatable bonds is 11. The van der Waals surface area contributed by atoms with E-state index in [0.29, 0.717) is 24.7 Å². The molecule has 0 aliphatic carbocycles. The fraction of sp³-hybridized carbons (Fsp3) is 0.300. The Morgan fingerprint density at radius 1 is 1.00 bits per heavy atom. The lowest BCUT2D eigenvalue weighted by Crippen LogP contribution is -2.07. The van der Waals surface area contributed by atoms with Crippen molar-refractivity contribution in [1.29, 1.82) is 0 Å². The normalized spacial score (nSPS) is 10.6. The van der Waals surface area contributed by atoms with Crippen LogP contribution >= 0.6 is 15.9 Å². The molecule has 0 spiro atoms. The third kappa shape index (κ3) is 5.32. The van der Waals surface area contributed by atoms with Gasteiger partial charge in [0.15, 0.2) is 13.6 Å². The van der Waals surface area contributed by atoms with E-state index in [9.17, 15) is 0 Å². The van der Waals surface area contributed by atoms with Crippen LogP contribution in [0.1, 0.15) is 5.56 Å². The van der Waals surface area contributed by atoms with Crippen LogP contribution in [0.4, 0.5) is 0 Å². The highest BCUT2D eigenvalue weighted by Crippen LogP contribution is 2.43. The van der Waals surface area contributed by atoms with E-state index in [0.717, 1.165) is 21.2 Å². The molecule has 0 aliphatic rings. The van der Waals surface area contributed by atoms with Crippen molar-refractivity contribution in [2.24, 2.45) is 0 Å².